The first-order chi connectivity index (χ1) is 10.2. The van der Waals surface area contributed by atoms with Crippen LogP contribution in [0.15, 0.2) is 18.5 Å². The summed E-state index contributed by atoms with van der Waals surface area (Å²) in [5.41, 5.74) is 0.721. The molecule has 0 spiro atoms. The van der Waals surface area contributed by atoms with Crippen LogP contribution in [0.1, 0.15) is 44.1 Å². The van der Waals surface area contributed by atoms with Crippen LogP contribution >= 0.6 is 0 Å². The van der Waals surface area contributed by atoms with Gasteiger partial charge < -0.3 is 10.0 Å². The van der Waals surface area contributed by atoms with Crippen LogP contribution in [0.5, 0.6) is 0 Å². The number of carbonyl (C=O) groups is 1. The maximum atomic E-state index is 10.5. The molecule has 2 fully saturated rings. The number of aliphatic carboxylic acids is 1. The Balaban J connectivity index is 1.75. The molecule has 2 unspecified atom stereocenters. The number of hydrogen-bond donors (Lipinski definition) is 1. The average Bonchev–Trinajstić information content (AvgIpc) is 2.53. The van der Waals surface area contributed by atoms with Gasteiger partial charge in [-0.25, -0.2) is 14.8 Å². The van der Waals surface area contributed by atoms with Gasteiger partial charge in [-0.1, -0.05) is 12.8 Å². The van der Waals surface area contributed by atoms with Gasteiger partial charge in [0.2, 0.25) is 5.95 Å². The van der Waals surface area contributed by atoms with Crippen molar-refractivity contribution in [3.05, 3.63) is 24.0 Å². The first-order valence-corrected chi connectivity index (χ1v) is 7.74. The standard InChI is InChI=1S/C16H21N3O2/c20-15(21)8-7-12-10-17-16(18-11-12)19-9-3-5-13-4-1-2-6-14(13)19/h7-8,10-11,13-14H,1-6,9H2,(H,20,21)/b8-7+. The molecule has 21 heavy (non-hydrogen) atoms. The Kier molecular flexibility index (Phi) is 4.18. The Morgan fingerprint density at radius 1 is 1.19 bits per heavy atom. The zero-order valence-corrected chi connectivity index (χ0v) is 12.1. The van der Waals surface area contributed by atoms with Gasteiger partial charge in [0.1, 0.15) is 0 Å². The van der Waals surface area contributed by atoms with E-state index in [-0.39, 0.29) is 0 Å². The minimum atomic E-state index is -0.958. The molecule has 0 aromatic carbocycles. The number of anilines is 1. The molecule has 5 nitrogen and oxygen atoms in total. The van der Waals surface area contributed by atoms with Crippen molar-refractivity contribution < 1.29 is 9.90 Å². The molecule has 1 aliphatic heterocycles. The van der Waals surface area contributed by atoms with Crippen molar-refractivity contribution in [2.24, 2.45) is 5.92 Å². The van der Waals surface area contributed by atoms with Crippen molar-refractivity contribution in [2.45, 2.75) is 44.6 Å². The molecule has 112 valence electrons. The van der Waals surface area contributed by atoms with Crippen molar-refractivity contribution >= 4 is 18.0 Å². The Bertz CT molecular complexity index is 525. The Hall–Kier alpha value is -1.91. The predicted octanol–water partition coefficient (Wildman–Crippen LogP) is 2.73. The summed E-state index contributed by atoms with van der Waals surface area (Å²) in [6.45, 7) is 1.03. The summed E-state index contributed by atoms with van der Waals surface area (Å²) in [4.78, 5) is 21.8. The predicted molar refractivity (Wildman–Crippen MR) is 81.0 cm³/mol. The van der Waals surface area contributed by atoms with Crippen LogP contribution in [0.25, 0.3) is 6.08 Å². The summed E-state index contributed by atoms with van der Waals surface area (Å²) in [5.74, 6) is 0.627. The maximum absolute atomic E-state index is 10.5. The number of piperidine rings is 1. The lowest BCUT2D eigenvalue weighted by molar-refractivity contribution is -0.131. The lowest BCUT2D eigenvalue weighted by Gasteiger charge is -2.44. The van der Waals surface area contributed by atoms with Gasteiger partial charge in [0.25, 0.3) is 0 Å². The quantitative estimate of drug-likeness (QED) is 0.866. The second kappa shape index (κ2) is 6.24. The fourth-order valence-electron chi connectivity index (χ4n) is 3.61. The van der Waals surface area contributed by atoms with E-state index in [4.69, 9.17) is 5.11 Å². The van der Waals surface area contributed by atoms with Gasteiger partial charge in [-0.05, 0) is 37.7 Å². The van der Waals surface area contributed by atoms with Gasteiger partial charge >= 0.3 is 5.97 Å². The molecule has 1 aromatic rings. The van der Waals surface area contributed by atoms with E-state index in [2.05, 4.69) is 14.9 Å². The second-order valence-electron chi connectivity index (χ2n) is 5.94. The highest BCUT2D eigenvalue weighted by atomic mass is 16.4. The molecular formula is C16H21N3O2. The molecule has 1 aromatic heterocycles. The van der Waals surface area contributed by atoms with Crippen molar-refractivity contribution in [1.29, 1.82) is 0 Å². The topological polar surface area (TPSA) is 66.3 Å². The molecule has 0 amide bonds. The highest BCUT2D eigenvalue weighted by molar-refractivity contribution is 5.85. The van der Waals surface area contributed by atoms with Crippen LogP contribution in [-0.2, 0) is 4.79 Å². The smallest absolute Gasteiger partial charge is 0.328 e. The number of fused-ring (bicyclic) bond motifs is 1. The van der Waals surface area contributed by atoms with Crippen LogP contribution in [-0.4, -0.2) is 33.6 Å². The normalized spacial score (nSPS) is 25.8. The van der Waals surface area contributed by atoms with E-state index >= 15 is 0 Å². The zero-order chi connectivity index (χ0) is 14.7. The van der Waals surface area contributed by atoms with Gasteiger partial charge in [0.15, 0.2) is 0 Å². The number of carboxylic acids is 1. The van der Waals surface area contributed by atoms with Crippen molar-refractivity contribution in [3.63, 3.8) is 0 Å². The molecule has 2 heterocycles. The van der Waals surface area contributed by atoms with Crippen molar-refractivity contribution in [3.8, 4) is 0 Å². The third-order valence-corrected chi connectivity index (χ3v) is 4.58. The summed E-state index contributed by atoms with van der Waals surface area (Å²) in [6, 6.07) is 0.591. The number of rotatable bonds is 3. The minimum absolute atomic E-state index is 0.591. The average molecular weight is 287 g/mol. The number of aromatic nitrogens is 2. The molecule has 0 radical (unpaired) electrons. The molecule has 2 atom stereocenters. The van der Waals surface area contributed by atoms with E-state index in [1.165, 1.54) is 44.6 Å². The third-order valence-electron chi connectivity index (χ3n) is 4.58. The molecule has 0 bridgehead atoms. The summed E-state index contributed by atoms with van der Waals surface area (Å²) in [7, 11) is 0. The summed E-state index contributed by atoms with van der Waals surface area (Å²) in [5, 5.41) is 8.63. The van der Waals surface area contributed by atoms with E-state index in [0.29, 0.717) is 6.04 Å². The molecule has 1 saturated heterocycles. The van der Waals surface area contributed by atoms with E-state index in [0.717, 1.165) is 30.1 Å². The molecule has 2 aliphatic rings. The first-order valence-electron chi connectivity index (χ1n) is 7.74. The number of carboxylic acid groups (broad SMARTS) is 1. The summed E-state index contributed by atoms with van der Waals surface area (Å²) >= 11 is 0. The Labute approximate surface area is 124 Å². The van der Waals surface area contributed by atoms with Crippen molar-refractivity contribution in [2.75, 3.05) is 11.4 Å². The molecule has 3 rings (SSSR count). The van der Waals surface area contributed by atoms with Crippen LogP contribution in [0, 0.1) is 5.92 Å². The largest absolute Gasteiger partial charge is 0.478 e. The van der Waals surface area contributed by atoms with Crippen LogP contribution in [0.2, 0.25) is 0 Å². The van der Waals surface area contributed by atoms with Gasteiger partial charge in [0, 0.05) is 36.6 Å². The zero-order valence-electron chi connectivity index (χ0n) is 12.1. The molecule has 5 heteroatoms. The summed E-state index contributed by atoms with van der Waals surface area (Å²) in [6.07, 6.45) is 13.8. The summed E-state index contributed by atoms with van der Waals surface area (Å²) < 4.78 is 0. The lowest BCUT2D eigenvalue weighted by atomic mass is 9.78. The monoisotopic (exact) mass is 287 g/mol. The van der Waals surface area contributed by atoms with E-state index in [1.54, 1.807) is 12.4 Å². The third kappa shape index (κ3) is 3.23. The Morgan fingerprint density at radius 2 is 1.90 bits per heavy atom. The fourth-order valence-corrected chi connectivity index (χ4v) is 3.61. The highest BCUT2D eigenvalue weighted by Gasteiger charge is 2.34. The Morgan fingerprint density at radius 3 is 2.67 bits per heavy atom. The molecule has 1 saturated carbocycles. The second-order valence-corrected chi connectivity index (χ2v) is 5.94. The number of hydrogen-bond acceptors (Lipinski definition) is 4. The maximum Gasteiger partial charge on any atom is 0.328 e. The van der Waals surface area contributed by atoms with E-state index < -0.39 is 5.97 Å². The lowest BCUT2D eigenvalue weighted by Crippen LogP contribution is -2.47. The first kappa shape index (κ1) is 14.0. The molecular weight excluding hydrogens is 266 g/mol. The van der Waals surface area contributed by atoms with E-state index in [9.17, 15) is 4.79 Å². The molecule has 1 N–H and O–H groups in total. The van der Waals surface area contributed by atoms with Gasteiger partial charge in [-0.2, -0.15) is 0 Å². The van der Waals surface area contributed by atoms with Gasteiger partial charge in [-0.15, -0.1) is 0 Å². The van der Waals surface area contributed by atoms with Gasteiger partial charge in [0.05, 0.1) is 0 Å². The van der Waals surface area contributed by atoms with E-state index in [1.807, 2.05) is 0 Å². The van der Waals surface area contributed by atoms with Crippen molar-refractivity contribution in [1.82, 2.24) is 9.97 Å². The number of nitrogens with zero attached hydrogens (tertiary/aromatic N) is 3. The molecule has 1 aliphatic carbocycles. The minimum Gasteiger partial charge on any atom is -0.478 e. The van der Waals surface area contributed by atoms with Crippen LogP contribution in [0.3, 0.4) is 0 Å². The van der Waals surface area contributed by atoms with Crippen LogP contribution < -0.4 is 4.90 Å². The fraction of sp³-hybridized carbons (Fsp3) is 0.562. The van der Waals surface area contributed by atoms with Crippen LogP contribution in [0.4, 0.5) is 5.95 Å². The highest BCUT2D eigenvalue weighted by Crippen LogP contribution is 2.36. The SMILES string of the molecule is O=C(O)/C=C/c1cnc(N2CCCC3CCCCC32)nc1. The van der Waals surface area contributed by atoms with Gasteiger partial charge in [-0.3, -0.25) is 0 Å².